The van der Waals surface area contributed by atoms with E-state index in [4.69, 9.17) is 4.42 Å². The van der Waals surface area contributed by atoms with Gasteiger partial charge in [0, 0.05) is 0 Å². The highest BCUT2D eigenvalue weighted by Gasteiger charge is 2.12. The molecule has 0 saturated carbocycles. The first kappa shape index (κ1) is 11.5. The highest BCUT2D eigenvalue weighted by Crippen LogP contribution is 1.94. The Morgan fingerprint density at radius 3 is 2.87 bits per heavy atom. The standard InChI is InChI=1S/C10H15N3O2/c1-13(2,3)8-10(14)12-11-7-9-5-4-6-15-9/h4-7H,8H2,1-3H3/p+1. The molecule has 1 rings (SSSR count). The summed E-state index contributed by atoms with van der Waals surface area (Å²) < 4.78 is 5.58. The predicted molar refractivity (Wildman–Crippen MR) is 57.3 cm³/mol. The molecule has 0 aliphatic heterocycles. The van der Waals surface area contributed by atoms with Crippen molar-refractivity contribution in [3.63, 3.8) is 0 Å². The molecule has 0 unspecified atom stereocenters. The van der Waals surface area contributed by atoms with Crippen LogP contribution >= 0.6 is 0 Å². The first-order chi connectivity index (χ1) is 6.97. The number of hydrogen-bond donors (Lipinski definition) is 1. The molecule has 0 fully saturated rings. The van der Waals surface area contributed by atoms with Crippen molar-refractivity contribution in [3.8, 4) is 0 Å². The maximum atomic E-state index is 11.3. The minimum Gasteiger partial charge on any atom is -0.463 e. The summed E-state index contributed by atoms with van der Waals surface area (Å²) in [5.74, 6) is 0.492. The second kappa shape index (κ2) is 4.75. The van der Waals surface area contributed by atoms with E-state index in [0.29, 0.717) is 16.8 Å². The molecule has 1 heterocycles. The van der Waals surface area contributed by atoms with Crippen LogP contribution in [0.1, 0.15) is 5.76 Å². The highest BCUT2D eigenvalue weighted by molar-refractivity contribution is 5.80. The molecule has 0 aliphatic rings. The third-order valence-electron chi connectivity index (χ3n) is 1.54. The quantitative estimate of drug-likeness (QED) is 0.445. The number of amides is 1. The summed E-state index contributed by atoms with van der Waals surface area (Å²) in [5.41, 5.74) is 2.43. The van der Waals surface area contributed by atoms with E-state index in [-0.39, 0.29) is 5.91 Å². The lowest BCUT2D eigenvalue weighted by Gasteiger charge is -2.21. The maximum Gasteiger partial charge on any atom is 0.295 e. The first-order valence-electron chi connectivity index (χ1n) is 4.63. The molecule has 1 amide bonds. The normalized spacial score (nSPS) is 11.9. The number of hydrogen-bond acceptors (Lipinski definition) is 3. The van der Waals surface area contributed by atoms with Crippen molar-refractivity contribution in [2.24, 2.45) is 5.10 Å². The Morgan fingerprint density at radius 1 is 1.60 bits per heavy atom. The Hall–Kier alpha value is -1.62. The Kier molecular flexibility index (Phi) is 3.62. The van der Waals surface area contributed by atoms with E-state index < -0.39 is 0 Å². The molecular weight excluding hydrogens is 194 g/mol. The molecule has 0 saturated heterocycles. The summed E-state index contributed by atoms with van der Waals surface area (Å²) in [6.07, 6.45) is 3.02. The average molecular weight is 210 g/mol. The van der Waals surface area contributed by atoms with E-state index in [0.717, 1.165) is 0 Å². The molecule has 0 aromatic carbocycles. The number of rotatable bonds is 4. The van der Waals surface area contributed by atoms with Crippen LogP contribution in [0.4, 0.5) is 0 Å². The summed E-state index contributed by atoms with van der Waals surface area (Å²) in [6, 6.07) is 3.52. The van der Waals surface area contributed by atoms with Crippen molar-refractivity contribution in [1.82, 2.24) is 5.43 Å². The summed E-state index contributed by atoms with van der Waals surface area (Å²) in [7, 11) is 5.82. The number of nitrogens with one attached hydrogen (secondary N) is 1. The lowest BCUT2D eigenvalue weighted by Crippen LogP contribution is -2.43. The fourth-order valence-electron chi connectivity index (χ4n) is 0.999. The molecule has 0 spiro atoms. The molecule has 5 nitrogen and oxygen atoms in total. The van der Waals surface area contributed by atoms with Gasteiger partial charge in [-0.25, -0.2) is 5.43 Å². The van der Waals surface area contributed by atoms with Crippen LogP contribution in [0.25, 0.3) is 0 Å². The SMILES string of the molecule is C[N+](C)(C)CC(=O)NN=Cc1ccco1. The second-order valence-corrected chi connectivity index (χ2v) is 4.26. The van der Waals surface area contributed by atoms with Crippen LogP contribution < -0.4 is 5.43 Å². The fourth-order valence-corrected chi connectivity index (χ4v) is 0.999. The van der Waals surface area contributed by atoms with Crippen LogP contribution in [0.15, 0.2) is 27.9 Å². The van der Waals surface area contributed by atoms with Gasteiger partial charge in [-0.3, -0.25) is 4.79 Å². The lowest BCUT2D eigenvalue weighted by molar-refractivity contribution is -0.862. The smallest absolute Gasteiger partial charge is 0.295 e. The molecule has 0 bridgehead atoms. The third kappa shape index (κ3) is 4.97. The Labute approximate surface area is 89.0 Å². The molecule has 0 aliphatic carbocycles. The van der Waals surface area contributed by atoms with E-state index >= 15 is 0 Å². The fraction of sp³-hybridized carbons (Fsp3) is 0.400. The first-order valence-corrected chi connectivity index (χ1v) is 4.63. The zero-order chi connectivity index (χ0) is 11.3. The van der Waals surface area contributed by atoms with Gasteiger partial charge >= 0.3 is 0 Å². The average Bonchev–Trinajstić information content (AvgIpc) is 2.53. The molecular formula is C10H16N3O2+. The van der Waals surface area contributed by atoms with Crippen LogP contribution in [0.2, 0.25) is 0 Å². The van der Waals surface area contributed by atoms with Gasteiger partial charge in [0.1, 0.15) is 5.76 Å². The van der Waals surface area contributed by atoms with Gasteiger partial charge in [0.25, 0.3) is 5.91 Å². The van der Waals surface area contributed by atoms with E-state index in [9.17, 15) is 4.79 Å². The number of hydrazone groups is 1. The lowest BCUT2D eigenvalue weighted by atomic mass is 10.5. The molecule has 82 valence electrons. The number of carbonyl (C=O) groups excluding carboxylic acids is 1. The summed E-state index contributed by atoms with van der Waals surface area (Å²) in [4.78, 5) is 11.3. The van der Waals surface area contributed by atoms with Gasteiger partial charge in [-0.1, -0.05) is 0 Å². The van der Waals surface area contributed by atoms with Crippen molar-refractivity contribution in [3.05, 3.63) is 24.2 Å². The van der Waals surface area contributed by atoms with Gasteiger partial charge in [0.05, 0.1) is 33.6 Å². The highest BCUT2D eigenvalue weighted by atomic mass is 16.3. The molecule has 5 heteroatoms. The third-order valence-corrected chi connectivity index (χ3v) is 1.54. The number of likely N-dealkylation sites (N-methyl/N-ethyl adjacent to an activating group) is 1. The molecule has 0 atom stereocenters. The van der Waals surface area contributed by atoms with Crippen LogP contribution in [0.3, 0.4) is 0 Å². The summed E-state index contributed by atoms with van der Waals surface area (Å²) >= 11 is 0. The maximum absolute atomic E-state index is 11.3. The summed E-state index contributed by atoms with van der Waals surface area (Å²) in [6.45, 7) is 0.384. The molecule has 1 N–H and O–H groups in total. The van der Waals surface area contributed by atoms with Crippen LogP contribution in [0.5, 0.6) is 0 Å². The van der Waals surface area contributed by atoms with Crippen LogP contribution in [0, 0.1) is 0 Å². The predicted octanol–water partition coefficient (Wildman–Crippen LogP) is 0.436. The molecule has 0 radical (unpaired) electrons. The minimum absolute atomic E-state index is 0.120. The van der Waals surface area contributed by atoms with Crippen molar-refractivity contribution >= 4 is 12.1 Å². The zero-order valence-corrected chi connectivity index (χ0v) is 9.23. The van der Waals surface area contributed by atoms with Gasteiger partial charge < -0.3 is 8.90 Å². The van der Waals surface area contributed by atoms with Crippen molar-refractivity contribution in [2.45, 2.75) is 0 Å². The van der Waals surface area contributed by atoms with Gasteiger partial charge in [0.2, 0.25) is 0 Å². The Balaban J connectivity index is 2.35. The number of quaternary nitrogens is 1. The molecule has 1 aromatic heterocycles. The van der Waals surface area contributed by atoms with Crippen LogP contribution in [-0.4, -0.2) is 44.3 Å². The van der Waals surface area contributed by atoms with Gasteiger partial charge in [0.15, 0.2) is 6.54 Å². The Bertz CT molecular complexity index is 336. The van der Waals surface area contributed by atoms with Crippen molar-refractivity contribution in [1.29, 1.82) is 0 Å². The largest absolute Gasteiger partial charge is 0.463 e. The Morgan fingerprint density at radius 2 is 2.33 bits per heavy atom. The second-order valence-electron chi connectivity index (χ2n) is 4.26. The van der Waals surface area contributed by atoms with E-state index in [2.05, 4.69) is 10.5 Å². The van der Waals surface area contributed by atoms with E-state index in [1.807, 2.05) is 21.1 Å². The number of nitrogens with zero attached hydrogens (tertiary/aromatic N) is 2. The van der Waals surface area contributed by atoms with Gasteiger partial charge in [-0.15, -0.1) is 0 Å². The van der Waals surface area contributed by atoms with E-state index in [1.54, 1.807) is 18.4 Å². The van der Waals surface area contributed by atoms with Crippen LogP contribution in [-0.2, 0) is 4.79 Å². The summed E-state index contributed by atoms with van der Waals surface area (Å²) in [5, 5.41) is 3.77. The van der Waals surface area contributed by atoms with E-state index in [1.165, 1.54) is 6.21 Å². The molecule has 1 aromatic rings. The van der Waals surface area contributed by atoms with Crippen molar-refractivity contribution in [2.75, 3.05) is 27.7 Å². The van der Waals surface area contributed by atoms with Gasteiger partial charge in [-0.2, -0.15) is 5.10 Å². The monoisotopic (exact) mass is 210 g/mol. The topological polar surface area (TPSA) is 54.6 Å². The number of furan rings is 1. The van der Waals surface area contributed by atoms with Crippen molar-refractivity contribution < 1.29 is 13.7 Å². The minimum atomic E-state index is -0.120. The molecule has 15 heavy (non-hydrogen) atoms. The zero-order valence-electron chi connectivity index (χ0n) is 9.23. The number of carbonyl (C=O) groups is 1. The van der Waals surface area contributed by atoms with Gasteiger partial charge in [-0.05, 0) is 12.1 Å².